The fourth-order valence-electron chi connectivity index (χ4n) is 3.10. The smallest absolute Gasteiger partial charge is 0.182 e. The van der Waals surface area contributed by atoms with Gasteiger partial charge in [0.15, 0.2) is 5.82 Å². The van der Waals surface area contributed by atoms with Crippen LogP contribution in [0.3, 0.4) is 0 Å². The van der Waals surface area contributed by atoms with Gasteiger partial charge in [-0.2, -0.15) is 0 Å². The molecule has 0 fully saturated rings. The highest BCUT2D eigenvalue weighted by molar-refractivity contribution is 5.68. The number of aromatic amines is 1. The summed E-state index contributed by atoms with van der Waals surface area (Å²) < 4.78 is 1.87. The molecule has 1 aliphatic heterocycles. The molecule has 1 N–H and O–H groups in total. The number of aromatic nitrogens is 6. The van der Waals surface area contributed by atoms with Gasteiger partial charge >= 0.3 is 0 Å². The molecule has 0 saturated heterocycles. The van der Waals surface area contributed by atoms with Crippen molar-refractivity contribution in [1.29, 1.82) is 0 Å². The molecule has 0 aliphatic carbocycles. The minimum atomic E-state index is 0.831. The first-order valence-electron chi connectivity index (χ1n) is 7.97. The SMILES string of the molecule is CCCn1nnnc1-c1ccc2c(c1)N(Cc1cnc[nH]1)CC2. The molecule has 0 amide bonds. The van der Waals surface area contributed by atoms with Gasteiger partial charge in [-0.1, -0.05) is 19.1 Å². The van der Waals surface area contributed by atoms with Gasteiger partial charge in [0, 0.05) is 30.5 Å². The minimum absolute atomic E-state index is 0.831. The highest BCUT2D eigenvalue weighted by atomic mass is 15.5. The molecule has 0 atom stereocenters. The fourth-order valence-corrected chi connectivity index (χ4v) is 3.10. The normalized spacial score (nSPS) is 13.5. The van der Waals surface area contributed by atoms with E-state index in [9.17, 15) is 0 Å². The van der Waals surface area contributed by atoms with E-state index in [1.54, 1.807) is 6.33 Å². The van der Waals surface area contributed by atoms with Crippen molar-refractivity contribution in [2.75, 3.05) is 11.4 Å². The predicted molar refractivity (Wildman–Crippen MR) is 86.9 cm³/mol. The molecule has 0 unspecified atom stereocenters. The third-order valence-electron chi connectivity index (χ3n) is 4.22. The minimum Gasteiger partial charge on any atom is -0.365 e. The molecule has 1 aromatic carbocycles. The molecule has 118 valence electrons. The van der Waals surface area contributed by atoms with E-state index in [1.165, 1.54) is 11.3 Å². The Morgan fingerprint density at radius 1 is 1.30 bits per heavy atom. The second-order valence-electron chi connectivity index (χ2n) is 5.82. The maximum Gasteiger partial charge on any atom is 0.182 e. The van der Waals surface area contributed by atoms with Crippen LogP contribution in [0.5, 0.6) is 0 Å². The van der Waals surface area contributed by atoms with Gasteiger partial charge in [0.1, 0.15) is 0 Å². The number of tetrazole rings is 1. The summed E-state index contributed by atoms with van der Waals surface area (Å²) in [4.78, 5) is 9.65. The Balaban J connectivity index is 1.66. The van der Waals surface area contributed by atoms with E-state index in [0.29, 0.717) is 0 Å². The lowest BCUT2D eigenvalue weighted by Gasteiger charge is -2.19. The molecule has 4 rings (SSSR count). The topological polar surface area (TPSA) is 75.5 Å². The second kappa shape index (κ2) is 5.83. The lowest BCUT2D eigenvalue weighted by atomic mass is 10.1. The van der Waals surface area contributed by atoms with Crippen LogP contribution in [0.1, 0.15) is 24.6 Å². The van der Waals surface area contributed by atoms with Crippen molar-refractivity contribution in [3.05, 3.63) is 42.0 Å². The molecule has 7 nitrogen and oxygen atoms in total. The average molecular weight is 309 g/mol. The van der Waals surface area contributed by atoms with E-state index in [2.05, 4.69) is 55.5 Å². The quantitative estimate of drug-likeness (QED) is 0.780. The summed E-state index contributed by atoms with van der Waals surface area (Å²) >= 11 is 0. The average Bonchev–Trinajstić information content (AvgIpc) is 3.29. The summed E-state index contributed by atoms with van der Waals surface area (Å²) in [5.74, 6) is 0.836. The molecule has 7 heteroatoms. The van der Waals surface area contributed by atoms with Gasteiger partial charge in [-0.25, -0.2) is 9.67 Å². The molecule has 3 heterocycles. The van der Waals surface area contributed by atoms with Crippen molar-refractivity contribution in [3.63, 3.8) is 0 Å². The van der Waals surface area contributed by atoms with Crippen LogP contribution in [0.2, 0.25) is 0 Å². The van der Waals surface area contributed by atoms with Gasteiger partial charge in [0.25, 0.3) is 0 Å². The number of nitrogens with one attached hydrogen (secondary N) is 1. The Morgan fingerprint density at radius 3 is 3.09 bits per heavy atom. The Kier molecular flexibility index (Phi) is 3.53. The van der Waals surface area contributed by atoms with Crippen molar-refractivity contribution < 1.29 is 0 Å². The summed E-state index contributed by atoms with van der Waals surface area (Å²) in [6, 6.07) is 6.52. The van der Waals surface area contributed by atoms with Crippen LogP contribution in [0.25, 0.3) is 11.4 Å². The third kappa shape index (κ3) is 2.58. The van der Waals surface area contributed by atoms with Gasteiger partial charge in [-0.05, 0) is 34.9 Å². The largest absolute Gasteiger partial charge is 0.365 e. The number of hydrogen-bond acceptors (Lipinski definition) is 5. The zero-order chi connectivity index (χ0) is 15.6. The first-order valence-corrected chi connectivity index (χ1v) is 7.97. The summed E-state index contributed by atoms with van der Waals surface area (Å²) in [6.07, 6.45) is 5.68. The fraction of sp³-hybridized carbons (Fsp3) is 0.375. The molecule has 0 radical (unpaired) electrons. The van der Waals surface area contributed by atoms with E-state index in [-0.39, 0.29) is 0 Å². The Hall–Kier alpha value is -2.70. The highest BCUT2D eigenvalue weighted by Gasteiger charge is 2.21. The highest BCUT2D eigenvalue weighted by Crippen LogP contribution is 2.32. The van der Waals surface area contributed by atoms with Crippen LogP contribution in [-0.4, -0.2) is 36.7 Å². The summed E-state index contributed by atoms with van der Waals surface area (Å²) in [5, 5.41) is 12.1. The number of nitrogens with zero attached hydrogens (tertiary/aromatic N) is 6. The molecular formula is C16H19N7. The Morgan fingerprint density at radius 2 is 2.26 bits per heavy atom. The van der Waals surface area contributed by atoms with Crippen molar-refractivity contribution in [2.45, 2.75) is 32.9 Å². The van der Waals surface area contributed by atoms with Crippen LogP contribution in [0.4, 0.5) is 5.69 Å². The van der Waals surface area contributed by atoms with Crippen molar-refractivity contribution in [3.8, 4) is 11.4 Å². The number of aryl methyl sites for hydroxylation is 1. The number of hydrogen-bond donors (Lipinski definition) is 1. The second-order valence-corrected chi connectivity index (χ2v) is 5.82. The summed E-state index contributed by atoms with van der Waals surface area (Å²) in [6.45, 7) is 4.83. The molecule has 3 aromatic rings. The Bertz CT molecular complexity index is 791. The number of imidazole rings is 1. The molecule has 1 aliphatic rings. The van der Waals surface area contributed by atoms with Crippen LogP contribution >= 0.6 is 0 Å². The number of benzene rings is 1. The van der Waals surface area contributed by atoms with Crippen molar-refractivity contribution in [1.82, 2.24) is 30.2 Å². The lowest BCUT2D eigenvalue weighted by molar-refractivity contribution is 0.583. The van der Waals surface area contributed by atoms with Crippen molar-refractivity contribution >= 4 is 5.69 Å². The van der Waals surface area contributed by atoms with Crippen LogP contribution < -0.4 is 4.90 Å². The molecular weight excluding hydrogens is 290 g/mol. The maximum absolute atomic E-state index is 4.20. The van der Waals surface area contributed by atoms with E-state index in [0.717, 1.165) is 49.6 Å². The number of fused-ring (bicyclic) bond motifs is 1. The molecule has 0 saturated carbocycles. The first kappa shape index (κ1) is 13.9. The van der Waals surface area contributed by atoms with Gasteiger partial charge < -0.3 is 9.88 Å². The molecule has 2 aromatic heterocycles. The van der Waals surface area contributed by atoms with Crippen molar-refractivity contribution in [2.24, 2.45) is 0 Å². The van der Waals surface area contributed by atoms with Crippen LogP contribution in [-0.2, 0) is 19.5 Å². The zero-order valence-corrected chi connectivity index (χ0v) is 13.1. The maximum atomic E-state index is 4.20. The van der Waals surface area contributed by atoms with Crippen LogP contribution in [0, 0.1) is 0 Å². The van der Waals surface area contributed by atoms with E-state index >= 15 is 0 Å². The van der Waals surface area contributed by atoms with Gasteiger partial charge in [-0.3, -0.25) is 0 Å². The molecule has 23 heavy (non-hydrogen) atoms. The lowest BCUT2D eigenvalue weighted by Crippen LogP contribution is -2.19. The van der Waals surface area contributed by atoms with E-state index < -0.39 is 0 Å². The van der Waals surface area contributed by atoms with Crippen LogP contribution in [0.15, 0.2) is 30.7 Å². The van der Waals surface area contributed by atoms with E-state index in [1.807, 2.05) is 10.9 Å². The van der Waals surface area contributed by atoms with E-state index in [4.69, 9.17) is 0 Å². The molecule has 0 spiro atoms. The van der Waals surface area contributed by atoms with Gasteiger partial charge in [0.2, 0.25) is 0 Å². The number of anilines is 1. The van der Waals surface area contributed by atoms with Gasteiger partial charge in [0.05, 0.1) is 18.6 Å². The predicted octanol–water partition coefficient (Wildman–Crippen LogP) is 2.04. The monoisotopic (exact) mass is 309 g/mol. The summed E-state index contributed by atoms with van der Waals surface area (Å²) in [5.41, 5.74) is 4.84. The summed E-state index contributed by atoms with van der Waals surface area (Å²) in [7, 11) is 0. The number of H-pyrrole nitrogens is 1. The molecule has 0 bridgehead atoms. The van der Waals surface area contributed by atoms with Gasteiger partial charge in [-0.15, -0.1) is 5.10 Å². The standard InChI is InChI=1S/C16H19N7/c1-2-6-23-16(19-20-21-23)13-4-3-12-5-7-22(15(12)8-13)10-14-9-17-11-18-14/h3-4,8-9,11H,2,5-7,10H2,1H3,(H,17,18). The third-order valence-corrected chi connectivity index (χ3v) is 4.22. The zero-order valence-electron chi connectivity index (χ0n) is 13.1. The first-order chi connectivity index (χ1) is 11.3. The number of rotatable bonds is 5. The Labute approximate surface area is 134 Å².